The van der Waals surface area contributed by atoms with E-state index in [0.29, 0.717) is 17.9 Å². The van der Waals surface area contributed by atoms with E-state index in [9.17, 15) is 24.3 Å². The van der Waals surface area contributed by atoms with E-state index in [1.165, 1.54) is 12.5 Å². The molecule has 3 amide bonds. The lowest BCUT2D eigenvalue weighted by Gasteiger charge is -2.22. The quantitative estimate of drug-likeness (QED) is 0.221. The molecule has 8 N–H and O–H groups in total. The number of carboxylic acids is 1. The maximum absolute atomic E-state index is 12.6. The van der Waals surface area contributed by atoms with E-state index in [2.05, 4.69) is 20.6 Å². The third kappa shape index (κ3) is 8.39. The summed E-state index contributed by atoms with van der Waals surface area (Å²) >= 11 is 1.54. The fourth-order valence-electron chi connectivity index (χ4n) is 2.30. The number of aliphatic carboxylic acids is 1. The number of carboxylic acid groups (broad SMARTS) is 1. The Labute approximate surface area is 166 Å². The van der Waals surface area contributed by atoms with E-state index >= 15 is 0 Å². The number of aromatic amines is 1. The number of thioether (sulfide) groups is 1. The molecular weight excluding hydrogens is 388 g/mol. The van der Waals surface area contributed by atoms with Crippen LogP contribution in [0.25, 0.3) is 0 Å². The van der Waals surface area contributed by atoms with Crippen LogP contribution in [0, 0.1) is 0 Å². The number of rotatable bonds is 13. The molecule has 0 aliphatic rings. The number of H-pyrrole nitrogens is 1. The maximum atomic E-state index is 12.6. The molecule has 0 radical (unpaired) electrons. The minimum atomic E-state index is -1.31. The van der Waals surface area contributed by atoms with Crippen LogP contribution in [-0.2, 0) is 25.6 Å². The van der Waals surface area contributed by atoms with Crippen molar-refractivity contribution in [3.63, 3.8) is 0 Å². The van der Waals surface area contributed by atoms with E-state index in [1.807, 2.05) is 6.26 Å². The molecule has 0 spiro atoms. The summed E-state index contributed by atoms with van der Waals surface area (Å²) in [4.78, 5) is 53.8. The maximum Gasteiger partial charge on any atom is 0.326 e. The first kappa shape index (κ1) is 23.4. The van der Waals surface area contributed by atoms with E-state index in [4.69, 9.17) is 11.5 Å². The van der Waals surface area contributed by atoms with Crippen LogP contribution in [-0.4, -0.2) is 68.9 Å². The summed E-state index contributed by atoms with van der Waals surface area (Å²) in [5.41, 5.74) is 11.4. The molecule has 0 aliphatic heterocycles. The highest BCUT2D eigenvalue weighted by molar-refractivity contribution is 7.98. The molecule has 1 aromatic rings. The van der Waals surface area contributed by atoms with Crippen LogP contribution in [0.1, 0.15) is 25.0 Å². The molecule has 1 rings (SSSR count). The second kappa shape index (κ2) is 12.0. The number of amides is 3. The molecule has 1 heterocycles. The Kier molecular flexibility index (Phi) is 10.0. The zero-order chi connectivity index (χ0) is 21.1. The topological polar surface area (TPSA) is 193 Å². The third-order valence-electron chi connectivity index (χ3n) is 3.88. The molecule has 156 valence electrons. The molecule has 0 saturated carbocycles. The number of hydrogen-bond acceptors (Lipinski definition) is 7. The van der Waals surface area contributed by atoms with Gasteiger partial charge in [-0.15, -0.1) is 0 Å². The lowest BCUT2D eigenvalue weighted by Crippen LogP contribution is -2.55. The van der Waals surface area contributed by atoms with Gasteiger partial charge in [0.1, 0.15) is 12.1 Å². The number of imidazole rings is 1. The predicted octanol–water partition coefficient (Wildman–Crippen LogP) is -1.65. The molecule has 3 unspecified atom stereocenters. The van der Waals surface area contributed by atoms with Crippen molar-refractivity contribution in [1.29, 1.82) is 0 Å². The van der Waals surface area contributed by atoms with Crippen molar-refractivity contribution < 1.29 is 24.3 Å². The summed E-state index contributed by atoms with van der Waals surface area (Å²) in [5, 5.41) is 14.1. The van der Waals surface area contributed by atoms with Gasteiger partial charge in [-0.05, 0) is 24.9 Å². The fourth-order valence-corrected chi connectivity index (χ4v) is 2.79. The summed E-state index contributed by atoms with van der Waals surface area (Å²) < 4.78 is 0. The van der Waals surface area contributed by atoms with Gasteiger partial charge in [-0.1, -0.05) is 0 Å². The Morgan fingerprint density at radius 3 is 2.43 bits per heavy atom. The highest BCUT2D eigenvalue weighted by atomic mass is 32.2. The number of hydrogen-bond donors (Lipinski definition) is 6. The zero-order valence-electron chi connectivity index (χ0n) is 15.5. The van der Waals surface area contributed by atoms with Crippen LogP contribution < -0.4 is 22.1 Å². The van der Waals surface area contributed by atoms with Crippen LogP contribution in [0.5, 0.6) is 0 Å². The van der Waals surface area contributed by atoms with E-state index in [1.54, 1.807) is 11.8 Å². The number of nitrogens with one attached hydrogen (secondary N) is 3. The van der Waals surface area contributed by atoms with E-state index < -0.39 is 41.8 Å². The standard InChI is InChI=1S/C16H26N6O5S/c1-28-5-4-10(17)14(24)22-12(6-9-7-19-8-20-9)15(25)21-11(16(26)27)2-3-13(18)23/h7-8,10-12H,2-6,17H2,1H3,(H2,18,23)(H,19,20)(H,21,25)(H,22,24)(H,26,27). The molecule has 0 aromatic carbocycles. The normalized spacial score (nSPS) is 13.9. The average Bonchev–Trinajstić information content (AvgIpc) is 3.14. The predicted molar refractivity (Wildman–Crippen MR) is 103 cm³/mol. The molecule has 12 heteroatoms. The molecule has 0 fully saturated rings. The first-order valence-electron chi connectivity index (χ1n) is 8.58. The van der Waals surface area contributed by atoms with Gasteiger partial charge in [-0.25, -0.2) is 9.78 Å². The summed E-state index contributed by atoms with van der Waals surface area (Å²) in [6.45, 7) is 0. The summed E-state index contributed by atoms with van der Waals surface area (Å²) in [5.74, 6) is -2.53. The van der Waals surface area contributed by atoms with Crippen molar-refractivity contribution in [2.75, 3.05) is 12.0 Å². The van der Waals surface area contributed by atoms with Crippen molar-refractivity contribution in [1.82, 2.24) is 20.6 Å². The van der Waals surface area contributed by atoms with Crippen molar-refractivity contribution in [2.45, 2.75) is 43.8 Å². The molecule has 11 nitrogen and oxygen atoms in total. The largest absolute Gasteiger partial charge is 0.480 e. The van der Waals surface area contributed by atoms with E-state index in [-0.39, 0.29) is 19.3 Å². The van der Waals surface area contributed by atoms with Crippen molar-refractivity contribution in [3.8, 4) is 0 Å². The van der Waals surface area contributed by atoms with Gasteiger partial charge in [-0.2, -0.15) is 11.8 Å². The molecule has 28 heavy (non-hydrogen) atoms. The van der Waals surface area contributed by atoms with Crippen molar-refractivity contribution in [2.24, 2.45) is 11.5 Å². The minimum absolute atomic E-state index is 0.0645. The molecule has 1 aromatic heterocycles. The number of carbonyl (C=O) groups is 4. The Morgan fingerprint density at radius 2 is 1.89 bits per heavy atom. The second-order valence-corrected chi connectivity index (χ2v) is 7.12. The monoisotopic (exact) mass is 414 g/mol. The summed E-state index contributed by atoms with van der Waals surface area (Å²) in [7, 11) is 0. The minimum Gasteiger partial charge on any atom is -0.480 e. The molecule has 0 aliphatic carbocycles. The van der Waals surface area contributed by atoms with Gasteiger partial charge in [0, 0.05) is 24.7 Å². The Hall–Kier alpha value is -2.60. The first-order valence-corrected chi connectivity index (χ1v) is 9.97. The zero-order valence-corrected chi connectivity index (χ0v) is 16.3. The number of aromatic nitrogens is 2. The van der Waals surface area contributed by atoms with E-state index in [0.717, 1.165) is 0 Å². The molecular formula is C16H26N6O5S. The van der Waals surface area contributed by atoms with Crippen LogP contribution in [0.3, 0.4) is 0 Å². The lowest BCUT2D eigenvalue weighted by molar-refractivity contribution is -0.142. The van der Waals surface area contributed by atoms with Gasteiger partial charge in [0.2, 0.25) is 17.7 Å². The van der Waals surface area contributed by atoms with Gasteiger partial charge in [0.25, 0.3) is 0 Å². The third-order valence-corrected chi connectivity index (χ3v) is 4.52. The van der Waals surface area contributed by atoms with Crippen LogP contribution in [0.2, 0.25) is 0 Å². The second-order valence-electron chi connectivity index (χ2n) is 6.13. The van der Waals surface area contributed by atoms with Gasteiger partial charge < -0.3 is 32.2 Å². The van der Waals surface area contributed by atoms with Crippen LogP contribution >= 0.6 is 11.8 Å². The Morgan fingerprint density at radius 1 is 1.21 bits per heavy atom. The number of primary amides is 1. The van der Waals surface area contributed by atoms with Crippen LogP contribution in [0.4, 0.5) is 0 Å². The summed E-state index contributed by atoms with van der Waals surface area (Å²) in [6, 6.07) is -3.18. The number of nitrogens with two attached hydrogens (primary N) is 2. The van der Waals surface area contributed by atoms with Crippen molar-refractivity contribution in [3.05, 3.63) is 18.2 Å². The highest BCUT2D eigenvalue weighted by Gasteiger charge is 2.28. The highest BCUT2D eigenvalue weighted by Crippen LogP contribution is 2.04. The molecule has 3 atom stereocenters. The Bertz CT molecular complexity index is 668. The number of carbonyl (C=O) groups excluding carboxylic acids is 3. The fraction of sp³-hybridized carbons (Fsp3) is 0.562. The summed E-state index contributed by atoms with van der Waals surface area (Å²) in [6.07, 6.45) is 4.93. The van der Waals surface area contributed by atoms with Gasteiger partial charge >= 0.3 is 5.97 Å². The van der Waals surface area contributed by atoms with Gasteiger partial charge in [0.05, 0.1) is 12.4 Å². The van der Waals surface area contributed by atoms with Crippen molar-refractivity contribution >= 4 is 35.5 Å². The smallest absolute Gasteiger partial charge is 0.326 e. The molecule has 0 bridgehead atoms. The average molecular weight is 414 g/mol. The Balaban J connectivity index is 2.84. The van der Waals surface area contributed by atoms with Crippen LogP contribution in [0.15, 0.2) is 12.5 Å². The molecule has 0 saturated heterocycles. The number of nitrogens with zero attached hydrogens (tertiary/aromatic N) is 1. The SMILES string of the molecule is CSCCC(N)C(=O)NC(Cc1cnc[nH]1)C(=O)NC(CCC(N)=O)C(=O)O. The lowest BCUT2D eigenvalue weighted by atomic mass is 10.1. The van der Waals surface area contributed by atoms with Gasteiger partial charge in [-0.3, -0.25) is 14.4 Å². The first-order chi connectivity index (χ1) is 13.2. The van der Waals surface area contributed by atoms with Gasteiger partial charge in [0.15, 0.2) is 0 Å².